The van der Waals surface area contributed by atoms with Crippen LogP contribution in [-0.2, 0) is 6.42 Å². The Balaban J connectivity index is 1.96. The van der Waals surface area contributed by atoms with E-state index >= 15 is 0 Å². The zero-order valence-electron chi connectivity index (χ0n) is 10.3. The molecule has 5 heteroatoms. The molecular formula is C14H14F3NO. The summed E-state index contributed by atoms with van der Waals surface area (Å²) < 4.78 is 40.7. The van der Waals surface area contributed by atoms with E-state index in [4.69, 9.17) is 5.73 Å². The molecule has 2 aliphatic rings. The summed E-state index contributed by atoms with van der Waals surface area (Å²) in [7, 11) is 0. The first-order valence-corrected chi connectivity index (χ1v) is 6.30. The van der Waals surface area contributed by atoms with Gasteiger partial charge in [0.05, 0.1) is 0 Å². The molecule has 0 heterocycles. The summed E-state index contributed by atoms with van der Waals surface area (Å²) in [4.78, 5) is 0. The zero-order valence-corrected chi connectivity index (χ0v) is 10.3. The lowest BCUT2D eigenvalue weighted by Gasteiger charge is -2.21. The monoisotopic (exact) mass is 269 g/mol. The van der Waals surface area contributed by atoms with Crippen molar-refractivity contribution in [3.8, 4) is 5.75 Å². The second-order valence-electron chi connectivity index (χ2n) is 5.05. The molecule has 3 rings (SSSR count). The SMILES string of the molecule is NC1CCCC2=C1Cc1ccc(OC(F)(F)F)cc12. The zero-order chi connectivity index (χ0) is 13.6. The van der Waals surface area contributed by atoms with E-state index in [1.165, 1.54) is 17.7 Å². The molecular weight excluding hydrogens is 255 g/mol. The minimum Gasteiger partial charge on any atom is -0.406 e. The van der Waals surface area contributed by atoms with Crippen molar-refractivity contribution in [1.29, 1.82) is 0 Å². The van der Waals surface area contributed by atoms with Crippen molar-refractivity contribution in [3.63, 3.8) is 0 Å². The number of alkyl halides is 3. The van der Waals surface area contributed by atoms with E-state index < -0.39 is 6.36 Å². The average molecular weight is 269 g/mol. The van der Waals surface area contributed by atoms with Gasteiger partial charge < -0.3 is 10.5 Å². The van der Waals surface area contributed by atoms with Crippen LogP contribution in [0.25, 0.3) is 5.57 Å². The highest BCUT2D eigenvalue weighted by Gasteiger charge is 2.33. The van der Waals surface area contributed by atoms with Crippen LogP contribution in [0.1, 0.15) is 30.4 Å². The van der Waals surface area contributed by atoms with Crippen LogP contribution in [-0.4, -0.2) is 12.4 Å². The number of rotatable bonds is 1. The van der Waals surface area contributed by atoms with Crippen molar-refractivity contribution in [2.75, 3.05) is 0 Å². The fourth-order valence-corrected chi connectivity index (χ4v) is 3.00. The molecule has 0 amide bonds. The van der Waals surface area contributed by atoms with E-state index in [0.717, 1.165) is 42.4 Å². The predicted molar refractivity (Wildman–Crippen MR) is 65.6 cm³/mol. The molecule has 0 bridgehead atoms. The molecule has 0 aliphatic heterocycles. The fourth-order valence-electron chi connectivity index (χ4n) is 3.00. The Hall–Kier alpha value is -1.49. The quantitative estimate of drug-likeness (QED) is 0.848. The van der Waals surface area contributed by atoms with Crippen molar-refractivity contribution < 1.29 is 17.9 Å². The molecule has 0 saturated heterocycles. The van der Waals surface area contributed by atoms with Gasteiger partial charge in [-0.05, 0) is 60.1 Å². The summed E-state index contributed by atoms with van der Waals surface area (Å²) in [6.07, 6.45) is -1.04. The number of hydrogen-bond acceptors (Lipinski definition) is 2. The van der Waals surface area contributed by atoms with Gasteiger partial charge in [-0.15, -0.1) is 13.2 Å². The Morgan fingerprint density at radius 1 is 1.26 bits per heavy atom. The predicted octanol–water partition coefficient (Wildman–Crippen LogP) is 3.41. The molecule has 0 radical (unpaired) electrons. The fraction of sp³-hybridized carbons (Fsp3) is 0.429. The third-order valence-corrected chi connectivity index (χ3v) is 3.80. The summed E-state index contributed by atoms with van der Waals surface area (Å²) >= 11 is 0. The van der Waals surface area contributed by atoms with Gasteiger partial charge in [-0.3, -0.25) is 0 Å². The Morgan fingerprint density at radius 2 is 2.05 bits per heavy atom. The van der Waals surface area contributed by atoms with Crippen LogP contribution in [0.3, 0.4) is 0 Å². The minimum atomic E-state index is -4.65. The molecule has 102 valence electrons. The summed E-state index contributed by atoms with van der Waals surface area (Å²) in [5, 5.41) is 0. The number of ether oxygens (including phenoxy) is 1. The van der Waals surface area contributed by atoms with E-state index in [1.807, 2.05) is 0 Å². The molecule has 19 heavy (non-hydrogen) atoms. The van der Waals surface area contributed by atoms with Gasteiger partial charge in [0, 0.05) is 6.04 Å². The largest absolute Gasteiger partial charge is 0.573 e. The third kappa shape index (κ3) is 2.34. The van der Waals surface area contributed by atoms with Crippen LogP contribution in [0, 0.1) is 0 Å². The first-order chi connectivity index (χ1) is 8.94. The molecule has 1 unspecified atom stereocenters. The molecule has 2 nitrogen and oxygen atoms in total. The highest BCUT2D eigenvalue weighted by Crippen LogP contribution is 2.42. The summed E-state index contributed by atoms with van der Waals surface area (Å²) in [5.41, 5.74) is 10.3. The highest BCUT2D eigenvalue weighted by atomic mass is 19.4. The van der Waals surface area contributed by atoms with Crippen LogP contribution < -0.4 is 10.5 Å². The lowest BCUT2D eigenvalue weighted by molar-refractivity contribution is -0.274. The minimum absolute atomic E-state index is 0.0446. The van der Waals surface area contributed by atoms with Gasteiger partial charge in [-0.25, -0.2) is 0 Å². The number of nitrogens with two attached hydrogens (primary N) is 1. The van der Waals surface area contributed by atoms with Gasteiger partial charge in [0.2, 0.25) is 0 Å². The average Bonchev–Trinajstić information content (AvgIpc) is 2.67. The van der Waals surface area contributed by atoms with Crippen LogP contribution >= 0.6 is 0 Å². The third-order valence-electron chi connectivity index (χ3n) is 3.80. The van der Waals surface area contributed by atoms with Crippen LogP contribution in [0.5, 0.6) is 5.75 Å². The number of hydrogen-bond donors (Lipinski definition) is 1. The summed E-state index contributed by atoms with van der Waals surface area (Å²) in [5.74, 6) is -0.154. The molecule has 2 aliphatic carbocycles. The summed E-state index contributed by atoms with van der Waals surface area (Å²) in [6.45, 7) is 0. The normalized spacial score (nSPS) is 22.2. The van der Waals surface area contributed by atoms with Gasteiger partial charge in [0.1, 0.15) is 5.75 Å². The van der Waals surface area contributed by atoms with Crippen molar-refractivity contribution in [3.05, 3.63) is 34.9 Å². The first-order valence-electron chi connectivity index (χ1n) is 6.30. The molecule has 1 atom stereocenters. The van der Waals surface area contributed by atoms with Crippen LogP contribution in [0.2, 0.25) is 0 Å². The van der Waals surface area contributed by atoms with Gasteiger partial charge in [0.15, 0.2) is 0 Å². The molecule has 2 N–H and O–H groups in total. The lowest BCUT2D eigenvalue weighted by Crippen LogP contribution is -2.25. The standard InChI is InChI=1S/C14H14F3NO/c15-14(16,17)19-9-5-4-8-6-12-10(11(8)7-9)2-1-3-13(12)18/h4-5,7,13H,1-3,6,18H2. The smallest absolute Gasteiger partial charge is 0.406 e. The van der Waals surface area contributed by atoms with Gasteiger partial charge in [-0.2, -0.15) is 0 Å². The van der Waals surface area contributed by atoms with Gasteiger partial charge in [0.25, 0.3) is 0 Å². The van der Waals surface area contributed by atoms with Gasteiger partial charge >= 0.3 is 6.36 Å². The van der Waals surface area contributed by atoms with E-state index in [1.54, 1.807) is 6.07 Å². The second kappa shape index (κ2) is 4.27. The Morgan fingerprint density at radius 3 is 2.79 bits per heavy atom. The van der Waals surface area contributed by atoms with Gasteiger partial charge in [-0.1, -0.05) is 6.07 Å². The van der Waals surface area contributed by atoms with E-state index in [2.05, 4.69) is 4.74 Å². The van der Waals surface area contributed by atoms with Crippen molar-refractivity contribution in [2.24, 2.45) is 5.73 Å². The van der Waals surface area contributed by atoms with Crippen LogP contribution in [0.4, 0.5) is 13.2 Å². The highest BCUT2D eigenvalue weighted by molar-refractivity contribution is 5.78. The molecule has 0 fully saturated rings. The maximum Gasteiger partial charge on any atom is 0.573 e. The Bertz CT molecular complexity index is 548. The van der Waals surface area contributed by atoms with E-state index in [9.17, 15) is 13.2 Å². The molecule has 1 aromatic rings. The number of allylic oxidation sites excluding steroid dienone is 1. The Kier molecular flexibility index (Phi) is 2.82. The summed E-state index contributed by atoms with van der Waals surface area (Å²) in [6, 6.07) is 4.61. The van der Waals surface area contributed by atoms with E-state index in [-0.39, 0.29) is 11.8 Å². The van der Waals surface area contributed by atoms with Crippen LogP contribution in [0.15, 0.2) is 23.8 Å². The van der Waals surface area contributed by atoms with Crippen molar-refractivity contribution in [1.82, 2.24) is 0 Å². The van der Waals surface area contributed by atoms with Crippen molar-refractivity contribution in [2.45, 2.75) is 38.1 Å². The number of fused-ring (bicyclic) bond motifs is 2. The molecule has 1 aromatic carbocycles. The first kappa shape index (κ1) is 12.5. The molecule has 0 saturated carbocycles. The maximum absolute atomic E-state index is 12.2. The molecule has 0 spiro atoms. The van der Waals surface area contributed by atoms with E-state index in [0.29, 0.717) is 0 Å². The Labute approximate surface area is 109 Å². The lowest BCUT2D eigenvalue weighted by atomic mass is 9.88. The maximum atomic E-state index is 12.2. The second-order valence-corrected chi connectivity index (χ2v) is 5.05. The van der Waals surface area contributed by atoms with Crippen molar-refractivity contribution >= 4 is 5.57 Å². The number of benzene rings is 1. The topological polar surface area (TPSA) is 35.2 Å². The molecule has 0 aromatic heterocycles. The number of halogens is 3.